The summed E-state index contributed by atoms with van der Waals surface area (Å²) < 4.78 is 13.0. The standard InChI is InChI=1S/C10H13FN2O/c1-7-4-8(2-3-12-7)13-5-9(11)10(14)6-13/h2-4,9-10,14H,5-6H2,1H3. The highest BCUT2D eigenvalue weighted by atomic mass is 19.1. The van der Waals surface area contributed by atoms with E-state index in [1.165, 1.54) is 0 Å². The molecule has 0 radical (unpaired) electrons. The molecule has 4 heteroatoms. The van der Waals surface area contributed by atoms with E-state index in [2.05, 4.69) is 4.98 Å². The van der Waals surface area contributed by atoms with Crippen LogP contribution in [0.15, 0.2) is 18.3 Å². The molecule has 0 amide bonds. The van der Waals surface area contributed by atoms with Crippen molar-refractivity contribution in [2.24, 2.45) is 0 Å². The lowest BCUT2D eigenvalue weighted by molar-refractivity contribution is 0.118. The first-order valence-electron chi connectivity index (χ1n) is 4.66. The summed E-state index contributed by atoms with van der Waals surface area (Å²) in [6, 6.07) is 3.72. The first kappa shape index (κ1) is 9.40. The number of aliphatic hydroxyl groups is 1. The molecule has 1 aromatic rings. The van der Waals surface area contributed by atoms with E-state index in [4.69, 9.17) is 0 Å². The minimum absolute atomic E-state index is 0.268. The molecule has 1 N–H and O–H groups in total. The van der Waals surface area contributed by atoms with Gasteiger partial charge in [-0.05, 0) is 19.1 Å². The molecule has 76 valence electrons. The predicted octanol–water partition coefficient (Wildman–Crippen LogP) is 0.909. The third-order valence-electron chi connectivity index (χ3n) is 2.47. The molecule has 0 bridgehead atoms. The van der Waals surface area contributed by atoms with Crippen LogP contribution in [-0.2, 0) is 0 Å². The molecule has 14 heavy (non-hydrogen) atoms. The maximum absolute atomic E-state index is 13.0. The molecule has 3 nitrogen and oxygen atoms in total. The van der Waals surface area contributed by atoms with Crippen molar-refractivity contribution < 1.29 is 9.50 Å². The van der Waals surface area contributed by atoms with Gasteiger partial charge in [0.1, 0.15) is 12.3 Å². The zero-order valence-corrected chi connectivity index (χ0v) is 8.02. The number of aromatic nitrogens is 1. The van der Waals surface area contributed by atoms with E-state index in [0.717, 1.165) is 11.4 Å². The smallest absolute Gasteiger partial charge is 0.145 e. The zero-order valence-electron chi connectivity index (χ0n) is 8.02. The molecule has 1 aliphatic heterocycles. The summed E-state index contributed by atoms with van der Waals surface area (Å²) in [4.78, 5) is 5.90. The van der Waals surface area contributed by atoms with E-state index in [1.54, 1.807) is 6.20 Å². The van der Waals surface area contributed by atoms with E-state index in [0.29, 0.717) is 6.54 Å². The van der Waals surface area contributed by atoms with Gasteiger partial charge in [-0.2, -0.15) is 0 Å². The second kappa shape index (κ2) is 3.53. The lowest BCUT2D eigenvalue weighted by Crippen LogP contribution is -2.21. The fourth-order valence-corrected chi connectivity index (χ4v) is 1.69. The van der Waals surface area contributed by atoms with Gasteiger partial charge >= 0.3 is 0 Å². The van der Waals surface area contributed by atoms with Gasteiger partial charge in [0.2, 0.25) is 0 Å². The number of anilines is 1. The Morgan fingerprint density at radius 1 is 1.57 bits per heavy atom. The molecular formula is C10H13FN2O. The largest absolute Gasteiger partial charge is 0.388 e. The molecule has 2 rings (SSSR count). The van der Waals surface area contributed by atoms with Crippen LogP contribution in [0.25, 0.3) is 0 Å². The van der Waals surface area contributed by atoms with Crippen molar-refractivity contribution in [2.75, 3.05) is 18.0 Å². The summed E-state index contributed by atoms with van der Waals surface area (Å²) in [5.41, 5.74) is 1.83. The summed E-state index contributed by atoms with van der Waals surface area (Å²) in [6.07, 6.45) is -0.297. The Balaban J connectivity index is 2.17. The predicted molar refractivity (Wildman–Crippen MR) is 52.1 cm³/mol. The third kappa shape index (κ3) is 1.70. The SMILES string of the molecule is Cc1cc(N2CC(O)C(F)C2)ccn1. The van der Waals surface area contributed by atoms with Crippen molar-refractivity contribution in [3.8, 4) is 0 Å². The van der Waals surface area contributed by atoms with Crippen molar-refractivity contribution in [2.45, 2.75) is 19.2 Å². The topological polar surface area (TPSA) is 36.4 Å². The molecular weight excluding hydrogens is 183 g/mol. The average Bonchev–Trinajstić information content (AvgIpc) is 2.47. The molecule has 0 aliphatic carbocycles. The number of rotatable bonds is 1. The van der Waals surface area contributed by atoms with Crippen LogP contribution < -0.4 is 4.90 Å². The highest BCUT2D eigenvalue weighted by Gasteiger charge is 2.31. The molecule has 0 spiro atoms. The number of hydrogen-bond donors (Lipinski definition) is 1. The Kier molecular flexibility index (Phi) is 2.37. The monoisotopic (exact) mass is 196 g/mol. The molecule has 2 heterocycles. The molecule has 0 aromatic carbocycles. The van der Waals surface area contributed by atoms with E-state index < -0.39 is 12.3 Å². The number of halogens is 1. The fourth-order valence-electron chi connectivity index (χ4n) is 1.69. The fraction of sp³-hybridized carbons (Fsp3) is 0.500. The highest BCUT2D eigenvalue weighted by molar-refractivity contribution is 5.48. The quantitative estimate of drug-likeness (QED) is 0.725. The van der Waals surface area contributed by atoms with Crippen molar-refractivity contribution in [1.29, 1.82) is 0 Å². The van der Waals surface area contributed by atoms with Crippen molar-refractivity contribution in [1.82, 2.24) is 4.98 Å². The Labute approximate surface area is 82.2 Å². The minimum atomic E-state index is -1.14. The van der Waals surface area contributed by atoms with E-state index in [1.807, 2.05) is 24.0 Å². The second-order valence-corrected chi connectivity index (χ2v) is 3.64. The highest BCUT2D eigenvalue weighted by Crippen LogP contribution is 2.21. The van der Waals surface area contributed by atoms with Crippen LogP contribution >= 0.6 is 0 Å². The van der Waals surface area contributed by atoms with Crippen LogP contribution in [0.2, 0.25) is 0 Å². The van der Waals surface area contributed by atoms with Gasteiger partial charge in [-0.25, -0.2) is 4.39 Å². The van der Waals surface area contributed by atoms with Crippen LogP contribution in [0.1, 0.15) is 5.69 Å². The molecule has 1 saturated heterocycles. The van der Waals surface area contributed by atoms with Crippen molar-refractivity contribution in [3.63, 3.8) is 0 Å². The van der Waals surface area contributed by atoms with Crippen molar-refractivity contribution in [3.05, 3.63) is 24.0 Å². The molecule has 2 unspecified atom stereocenters. The maximum atomic E-state index is 13.0. The van der Waals surface area contributed by atoms with Gasteiger partial charge < -0.3 is 10.0 Å². The normalized spacial score (nSPS) is 26.9. The van der Waals surface area contributed by atoms with Crippen LogP contribution in [0.3, 0.4) is 0 Å². The van der Waals surface area contributed by atoms with E-state index in [-0.39, 0.29) is 6.54 Å². The Bertz CT molecular complexity index is 322. The van der Waals surface area contributed by atoms with E-state index in [9.17, 15) is 9.50 Å². The minimum Gasteiger partial charge on any atom is -0.388 e. The first-order chi connectivity index (χ1) is 6.66. The molecule has 1 aliphatic rings. The van der Waals surface area contributed by atoms with Gasteiger partial charge in [0.05, 0.1) is 6.54 Å². The Morgan fingerprint density at radius 2 is 2.36 bits per heavy atom. The van der Waals surface area contributed by atoms with Crippen LogP contribution in [-0.4, -0.2) is 35.5 Å². The number of alkyl halides is 1. The lowest BCUT2D eigenvalue weighted by atomic mass is 10.3. The van der Waals surface area contributed by atoms with Crippen LogP contribution in [0.5, 0.6) is 0 Å². The van der Waals surface area contributed by atoms with Gasteiger partial charge in [0.25, 0.3) is 0 Å². The van der Waals surface area contributed by atoms with E-state index >= 15 is 0 Å². The van der Waals surface area contributed by atoms with Gasteiger partial charge in [-0.1, -0.05) is 0 Å². The number of aliphatic hydroxyl groups excluding tert-OH is 1. The number of pyridine rings is 1. The molecule has 0 saturated carbocycles. The average molecular weight is 196 g/mol. The van der Waals surface area contributed by atoms with Gasteiger partial charge in [0, 0.05) is 24.1 Å². The lowest BCUT2D eigenvalue weighted by Gasteiger charge is -2.17. The van der Waals surface area contributed by atoms with Gasteiger partial charge in [-0.3, -0.25) is 4.98 Å². The van der Waals surface area contributed by atoms with Gasteiger partial charge in [0.15, 0.2) is 0 Å². The first-order valence-corrected chi connectivity index (χ1v) is 4.66. The summed E-state index contributed by atoms with van der Waals surface area (Å²) in [7, 11) is 0. The Hall–Kier alpha value is -1.16. The van der Waals surface area contributed by atoms with Crippen molar-refractivity contribution >= 4 is 5.69 Å². The second-order valence-electron chi connectivity index (χ2n) is 3.64. The summed E-state index contributed by atoms with van der Waals surface area (Å²) in [5, 5.41) is 9.27. The zero-order chi connectivity index (χ0) is 10.1. The number of hydrogen-bond acceptors (Lipinski definition) is 3. The number of β-amino-alcohol motifs (C(OH)–C–C–N with tert-alkyl or cyclic N) is 1. The van der Waals surface area contributed by atoms with Crippen LogP contribution in [0.4, 0.5) is 10.1 Å². The molecule has 1 aromatic heterocycles. The van der Waals surface area contributed by atoms with Gasteiger partial charge in [-0.15, -0.1) is 0 Å². The number of nitrogens with zero attached hydrogens (tertiary/aromatic N) is 2. The molecule has 2 atom stereocenters. The summed E-state index contributed by atoms with van der Waals surface area (Å²) in [5.74, 6) is 0. The number of aryl methyl sites for hydroxylation is 1. The molecule has 1 fully saturated rings. The summed E-state index contributed by atoms with van der Waals surface area (Å²) >= 11 is 0. The Morgan fingerprint density at radius 3 is 2.93 bits per heavy atom. The third-order valence-corrected chi connectivity index (χ3v) is 2.47. The van der Waals surface area contributed by atoms with Crippen LogP contribution in [0, 0.1) is 6.92 Å². The summed E-state index contributed by atoms with van der Waals surface area (Å²) in [6.45, 7) is 2.53. The maximum Gasteiger partial charge on any atom is 0.145 e.